The van der Waals surface area contributed by atoms with Crippen molar-refractivity contribution in [2.75, 3.05) is 6.61 Å². The molecule has 1 rings (SSSR count). The van der Waals surface area contributed by atoms with Gasteiger partial charge in [-0.05, 0) is 24.6 Å². The van der Waals surface area contributed by atoms with Crippen LogP contribution in [0.15, 0.2) is 12.1 Å². The third kappa shape index (κ3) is 2.51. The zero-order valence-electron chi connectivity index (χ0n) is 8.79. The van der Waals surface area contributed by atoms with E-state index in [0.29, 0.717) is 11.1 Å². The van der Waals surface area contributed by atoms with E-state index in [2.05, 4.69) is 0 Å². The van der Waals surface area contributed by atoms with Crippen LogP contribution in [-0.4, -0.2) is 12.6 Å². The summed E-state index contributed by atoms with van der Waals surface area (Å²) in [7, 11) is 0. The van der Waals surface area contributed by atoms with E-state index in [-0.39, 0.29) is 23.7 Å². The number of esters is 1. The molecule has 1 aromatic rings. The number of hydrogen-bond donors (Lipinski definition) is 1. The lowest BCUT2D eigenvalue weighted by molar-refractivity contribution is 0.0525. The highest BCUT2D eigenvalue weighted by molar-refractivity contribution is 6.33. The number of halogens is 1. The van der Waals surface area contributed by atoms with Gasteiger partial charge >= 0.3 is 5.97 Å². The van der Waals surface area contributed by atoms with E-state index in [1.54, 1.807) is 6.92 Å². The topological polar surface area (TPSA) is 76.1 Å². The number of ether oxygens (including phenoxy) is 1. The Morgan fingerprint density at radius 2 is 2.31 bits per heavy atom. The second kappa shape index (κ2) is 5.50. The fourth-order valence-electron chi connectivity index (χ4n) is 1.32. The van der Waals surface area contributed by atoms with Crippen LogP contribution in [0.2, 0.25) is 5.02 Å². The molecule has 0 aliphatic heterocycles. The molecule has 16 heavy (non-hydrogen) atoms. The molecule has 4 nitrogen and oxygen atoms in total. The van der Waals surface area contributed by atoms with Crippen molar-refractivity contribution < 1.29 is 9.53 Å². The van der Waals surface area contributed by atoms with E-state index < -0.39 is 5.97 Å². The summed E-state index contributed by atoms with van der Waals surface area (Å²) in [5, 5.41) is 8.94. The van der Waals surface area contributed by atoms with E-state index in [1.807, 2.05) is 6.07 Å². The van der Waals surface area contributed by atoms with E-state index in [1.165, 1.54) is 12.1 Å². The van der Waals surface area contributed by atoms with Gasteiger partial charge in [-0.15, -0.1) is 0 Å². The molecule has 0 heterocycles. The van der Waals surface area contributed by atoms with E-state index >= 15 is 0 Å². The van der Waals surface area contributed by atoms with Crippen LogP contribution in [-0.2, 0) is 11.3 Å². The maximum atomic E-state index is 11.6. The third-order valence-corrected chi connectivity index (χ3v) is 2.30. The van der Waals surface area contributed by atoms with Crippen LogP contribution < -0.4 is 5.73 Å². The molecule has 0 aromatic heterocycles. The minimum Gasteiger partial charge on any atom is -0.462 e. The highest BCUT2D eigenvalue weighted by Crippen LogP contribution is 2.23. The number of nitrogens with zero attached hydrogens (tertiary/aromatic N) is 1. The number of nitrogens with two attached hydrogens (primary N) is 1. The Kier molecular flexibility index (Phi) is 4.29. The molecule has 1 aromatic carbocycles. The Hall–Kier alpha value is -1.57. The van der Waals surface area contributed by atoms with Crippen LogP contribution in [0.3, 0.4) is 0 Å². The van der Waals surface area contributed by atoms with E-state index in [0.717, 1.165) is 0 Å². The molecule has 5 heteroatoms. The van der Waals surface area contributed by atoms with Gasteiger partial charge in [-0.3, -0.25) is 0 Å². The zero-order chi connectivity index (χ0) is 12.1. The third-order valence-electron chi connectivity index (χ3n) is 2.00. The highest BCUT2D eigenvalue weighted by Gasteiger charge is 2.17. The largest absolute Gasteiger partial charge is 0.462 e. The van der Waals surface area contributed by atoms with Gasteiger partial charge in [-0.25, -0.2) is 4.79 Å². The summed E-state index contributed by atoms with van der Waals surface area (Å²) in [4.78, 5) is 11.6. The van der Waals surface area contributed by atoms with Crippen LogP contribution in [0.4, 0.5) is 0 Å². The Morgan fingerprint density at radius 3 is 2.81 bits per heavy atom. The number of carbonyl (C=O) groups excluding carboxylic acids is 1. The number of hydrogen-bond acceptors (Lipinski definition) is 4. The predicted molar refractivity (Wildman–Crippen MR) is 60.0 cm³/mol. The van der Waals surface area contributed by atoms with Gasteiger partial charge in [0, 0.05) is 6.54 Å². The van der Waals surface area contributed by atoms with Crippen molar-refractivity contribution >= 4 is 17.6 Å². The molecule has 0 saturated heterocycles. The van der Waals surface area contributed by atoms with Crippen molar-refractivity contribution in [3.63, 3.8) is 0 Å². The number of nitriles is 1. The normalized spacial score (nSPS) is 9.62. The fraction of sp³-hybridized carbons (Fsp3) is 0.273. The maximum absolute atomic E-state index is 11.6. The molecule has 0 spiro atoms. The van der Waals surface area contributed by atoms with Gasteiger partial charge in [0.25, 0.3) is 0 Å². The quantitative estimate of drug-likeness (QED) is 0.816. The lowest BCUT2D eigenvalue weighted by Gasteiger charge is -2.09. The Labute approximate surface area is 98.6 Å². The van der Waals surface area contributed by atoms with Crippen molar-refractivity contribution in [2.24, 2.45) is 5.73 Å². The molecule has 0 atom stereocenters. The van der Waals surface area contributed by atoms with E-state index in [9.17, 15) is 4.79 Å². The molecule has 2 N–H and O–H groups in total. The number of rotatable bonds is 3. The first-order chi connectivity index (χ1) is 7.63. The lowest BCUT2D eigenvalue weighted by atomic mass is 10.0. The molecule has 0 radical (unpaired) electrons. The molecule has 0 aliphatic carbocycles. The van der Waals surface area contributed by atoms with Crippen molar-refractivity contribution in [3.8, 4) is 6.07 Å². The van der Waals surface area contributed by atoms with Crippen LogP contribution in [0, 0.1) is 11.3 Å². The molecule has 0 aliphatic rings. The number of carbonyl (C=O) groups is 1. The van der Waals surface area contributed by atoms with Gasteiger partial charge in [0.2, 0.25) is 0 Å². The van der Waals surface area contributed by atoms with Crippen LogP contribution in [0.25, 0.3) is 0 Å². The molecule has 84 valence electrons. The van der Waals surface area contributed by atoms with Crippen LogP contribution in [0.5, 0.6) is 0 Å². The fourth-order valence-corrected chi connectivity index (χ4v) is 1.64. The van der Waals surface area contributed by atoms with Crippen LogP contribution >= 0.6 is 11.6 Å². The maximum Gasteiger partial charge on any atom is 0.339 e. The summed E-state index contributed by atoms with van der Waals surface area (Å²) in [6.45, 7) is 2.10. The summed E-state index contributed by atoms with van der Waals surface area (Å²) in [5.41, 5.74) is 6.63. The van der Waals surface area contributed by atoms with Crippen molar-refractivity contribution in [1.82, 2.24) is 0 Å². The number of benzene rings is 1. The monoisotopic (exact) mass is 238 g/mol. The average Bonchev–Trinajstić information content (AvgIpc) is 2.27. The van der Waals surface area contributed by atoms with Gasteiger partial charge < -0.3 is 10.5 Å². The second-order valence-corrected chi connectivity index (χ2v) is 3.44. The Morgan fingerprint density at radius 1 is 1.62 bits per heavy atom. The summed E-state index contributed by atoms with van der Waals surface area (Å²) in [5.74, 6) is -0.516. The van der Waals surface area contributed by atoms with Gasteiger partial charge in [0.15, 0.2) is 0 Å². The second-order valence-electron chi connectivity index (χ2n) is 3.03. The van der Waals surface area contributed by atoms with Crippen LogP contribution in [0.1, 0.15) is 28.4 Å². The van der Waals surface area contributed by atoms with Crippen molar-refractivity contribution in [1.29, 1.82) is 5.26 Å². The molecule has 0 unspecified atom stereocenters. The Bertz CT molecular complexity index is 452. The van der Waals surface area contributed by atoms with Gasteiger partial charge in [-0.1, -0.05) is 11.6 Å². The lowest BCUT2D eigenvalue weighted by Crippen LogP contribution is -2.12. The molecule has 0 bridgehead atoms. The first-order valence-electron chi connectivity index (χ1n) is 4.73. The van der Waals surface area contributed by atoms with Gasteiger partial charge in [-0.2, -0.15) is 5.26 Å². The molecule has 0 amide bonds. The highest BCUT2D eigenvalue weighted by atomic mass is 35.5. The molecular formula is C11H11ClN2O2. The van der Waals surface area contributed by atoms with Crippen molar-refractivity contribution in [3.05, 3.63) is 33.8 Å². The predicted octanol–water partition coefficient (Wildman–Crippen LogP) is 1.85. The summed E-state index contributed by atoms with van der Waals surface area (Å²) in [6, 6.07) is 4.91. The summed E-state index contributed by atoms with van der Waals surface area (Å²) in [6.07, 6.45) is 0. The SMILES string of the molecule is CCOC(=O)c1c(Cl)cc(C#N)cc1CN. The van der Waals surface area contributed by atoms with Crippen molar-refractivity contribution in [2.45, 2.75) is 13.5 Å². The zero-order valence-corrected chi connectivity index (χ0v) is 9.54. The smallest absolute Gasteiger partial charge is 0.339 e. The average molecular weight is 239 g/mol. The Balaban J connectivity index is 3.28. The first-order valence-corrected chi connectivity index (χ1v) is 5.11. The van der Waals surface area contributed by atoms with Gasteiger partial charge in [0.05, 0.1) is 28.8 Å². The summed E-state index contributed by atoms with van der Waals surface area (Å²) < 4.78 is 4.86. The minimum atomic E-state index is -0.516. The summed E-state index contributed by atoms with van der Waals surface area (Å²) >= 11 is 5.92. The molecular weight excluding hydrogens is 228 g/mol. The minimum absolute atomic E-state index is 0.128. The standard InChI is InChI=1S/C11H11ClN2O2/c1-2-16-11(15)10-8(6-14)3-7(5-13)4-9(10)12/h3-4H,2,6,14H2,1H3. The van der Waals surface area contributed by atoms with Gasteiger partial charge in [0.1, 0.15) is 0 Å². The molecule has 0 fully saturated rings. The first kappa shape index (κ1) is 12.5. The van der Waals surface area contributed by atoms with E-state index in [4.69, 9.17) is 27.3 Å². The molecule has 0 saturated carbocycles.